The minimum absolute atomic E-state index is 0.132. The van der Waals surface area contributed by atoms with Gasteiger partial charge in [0, 0.05) is 13.0 Å². The monoisotopic (exact) mass is 515 g/mol. The number of hydrogen-bond acceptors (Lipinski definition) is 2. The Hall–Kier alpha value is -1.51. The summed E-state index contributed by atoms with van der Waals surface area (Å²) >= 11 is 0. The average molecular weight is 516 g/mol. The minimum Gasteiger partial charge on any atom is -0.507 e. The fourth-order valence-corrected chi connectivity index (χ4v) is 5.05. The molecular weight excluding hydrogens is 454 g/mol. The van der Waals surface area contributed by atoms with Crippen LogP contribution in [0.15, 0.2) is 12.1 Å². The van der Waals surface area contributed by atoms with E-state index < -0.39 is 0 Å². The van der Waals surface area contributed by atoms with Gasteiger partial charge in [0.25, 0.3) is 0 Å². The van der Waals surface area contributed by atoms with Crippen molar-refractivity contribution in [3.8, 4) is 5.75 Å². The van der Waals surface area contributed by atoms with E-state index in [2.05, 4.69) is 65.9 Å². The van der Waals surface area contributed by atoms with Crippen LogP contribution in [0, 0.1) is 0 Å². The molecule has 1 amide bonds. The molecule has 0 spiro atoms. The quantitative estimate of drug-likeness (QED) is 0.180. The van der Waals surface area contributed by atoms with Gasteiger partial charge in [-0.25, -0.2) is 0 Å². The summed E-state index contributed by atoms with van der Waals surface area (Å²) in [7, 11) is 0. The van der Waals surface area contributed by atoms with Gasteiger partial charge in [-0.3, -0.25) is 4.79 Å². The number of nitrogens with one attached hydrogen (secondary N) is 1. The number of phenols is 1. The molecule has 0 heterocycles. The first-order chi connectivity index (χ1) is 17.5. The van der Waals surface area contributed by atoms with Crippen molar-refractivity contribution >= 4 is 5.91 Å². The van der Waals surface area contributed by atoms with Crippen LogP contribution in [0.2, 0.25) is 0 Å². The van der Waals surface area contributed by atoms with Gasteiger partial charge in [-0.2, -0.15) is 0 Å². The van der Waals surface area contributed by atoms with Gasteiger partial charge in [-0.05, 0) is 40.4 Å². The third-order valence-electron chi connectivity index (χ3n) is 7.53. The van der Waals surface area contributed by atoms with Gasteiger partial charge < -0.3 is 10.4 Å². The van der Waals surface area contributed by atoms with Gasteiger partial charge in [0.1, 0.15) is 5.75 Å². The highest BCUT2D eigenvalue weighted by atomic mass is 16.3. The van der Waals surface area contributed by atoms with E-state index in [9.17, 15) is 9.90 Å². The number of rotatable bonds is 19. The van der Waals surface area contributed by atoms with E-state index in [1.165, 1.54) is 89.9 Å². The van der Waals surface area contributed by atoms with E-state index in [0.717, 1.165) is 29.7 Å². The lowest BCUT2D eigenvalue weighted by Gasteiger charge is -2.28. The fourth-order valence-electron chi connectivity index (χ4n) is 5.05. The Bertz CT molecular complexity index is 719. The fraction of sp³-hybridized carbons (Fsp3) is 0.794. The maximum absolute atomic E-state index is 12.4. The van der Waals surface area contributed by atoms with Crippen molar-refractivity contribution in [2.75, 3.05) is 6.54 Å². The molecule has 1 aromatic rings. The standard InChI is InChI=1S/C34H61NO2/c1-8-9-10-11-12-13-14-15-16-17-18-19-20-21-22-25-35-31(36)24-23-28-26-29(33(2,3)4)32(37)30(27-28)34(5,6)7/h26-27,37H,8-25H2,1-7H3,(H,35,36). The molecule has 0 aromatic heterocycles. The number of unbranched alkanes of at least 4 members (excludes halogenated alkanes) is 14. The van der Waals surface area contributed by atoms with Crippen molar-refractivity contribution in [3.05, 3.63) is 28.8 Å². The van der Waals surface area contributed by atoms with E-state index >= 15 is 0 Å². The van der Waals surface area contributed by atoms with Gasteiger partial charge in [-0.15, -0.1) is 0 Å². The summed E-state index contributed by atoms with van der Waals surface area (Å²) in [5.74, 6) is 0.537. The lowest BCUT2D eigenvalue weighted by atomic mass is 9.78. The van der Waals surface area contributed by atoms with Crippen LogP contribution < -0.4 is 5.32 Å². The Morgan fingerprint density at radius 1 is 0.676 bits per heavy atom. The maximum Gasteiger partial charge on any atom is 0.220 e. The lowest BCUT2D eigenvalue weighted by Crippen LogP contribution is -2.24. The lowest BCUT2D eigenvalue weighted by molar-refractivity contribution is -0.121. The Morgan fingerprint density at radius 2 is 1.05 bits per heavy atom. The highest BCUT2D eigenvalue weighted by Crippen LogP contribution is 2.40. The number of aromatic hydroxyl groups is 1. The molecule has 0 bridgehead atoms. The summed E-state index contributed by atoms with van der Waals surface area (Å²) in [6.45, 7) is 15.8. The molecule has 2 N–H and O–H groups in total. The highest BCUT2D eigenvalue weighted by Gasteiger charge is 2.26. The third-order valence-corrected chi connectivity index (χ3v) is 7.53. The number of phenolic OH excluding ortho intramolecular Hbond substituents is 1. The van der Waals surface area contributed by atoms with E-state index in [-0.39, 0.29) is 16.7 Å². The molecule has 0 saturated carbocycles. The minimum atomic E-state index is -0.143. The molecule has 3 nitrogen and oxygen atoms in total. The Labute approximate surface area is 230 Å². The SMILES string of the molecule is CCCCCCCCCCCCCCCCCNC(=O)CCc1cc(C(C)(C)C)c(O)c(C(C)(C)C)c1. The molecule has 37 heavy (non-hydrogen) atoms. The predicted octanol–water partition coefficient (Wildman–Crippen LogP) is 9.91. The molecule has 0 aliphatic rings. The number of carbonyl (C=O) groups excluding carboxylic acids is 1. The largest absolute Gasteiger partial charge is 0.507 e. The first kappa shape index (κ1) is 33.5. The first-order valence-electron chi connectivity index (χ1n) is 15.6. The summed E-state index contributed by atoms with van der Waals surface area (Å²) < 4.78 is 0. The smallest absolute Gasteiger partial charge is 0.220 e. The second-order valence-corrected chi connectivity index (χ2v) is 13.3. The first-order valence-corrected chi connectivity index (χ1v) is 15.6. The molecule has 0 radical (unpaired) electrons. The van der Waals surface area contributed by atoms with Gasteiger partial charge in [-0.1, -0.05) is 150 Å². The molecule has 1 rings (SSSR count). The Morgan fingerprint density at radius 3 is 1.43 bits per heavy atom. The van der Waals surface area contributed by atoms with Crippen LogP contribution in [0.5, 0.6) is 5.75 Å². The summed E-state index contributed by atoms with van der Waals surface area (Å²) in [4.78, 5) is 12.4. The number of amides is 1. The van der Waals surface area contributed by atoms with Crippen LogP contribution in [0.3, 0.4) is 0 Å². The zero-order chi connectivity index (χ0) is 27.7. The second kappa shape index (κ2) is 17.9. The highest BCUT2D eigenvalue weighted by molar-refractivity contribution is 5.76. The maximum atomic E-state index is 12.4. The van der Waals surface area contributed by atoms with Crippen molar-refractivity contribution in [1.82, 2.24) is 5.32 Å². The zero-order valence-electron chi connectivity index (χ0n) is 25.7. The molecule has 1 aromatic carbocycles. The average Bonchev–Trinajstić information content (AvgIpc) is 2.81. The van der Waals surface area contributed by atoms with Gasteiger partial charge in [0.05, 0.1) is 0 Å². The van der Waals surface area contributed by atoms with Crippen molar-refractivity contribution in [3.63, 3.8) is 0 Å². The Balaban J connectivity index is 2.17. The van der Waals surface area contributed by atoms with Crippen molar-refractivity contribution in [2.45, 2.75) is 168 Å². The van der Waals surface area contributed by atoms with Crippen LogP contribution in [-0.4, -0.2) is 17.6 Å². The summed E-state index contributed by atoms with van der Waals surface area (Å²) in [6.07, 6.45) is 21.6. The van der Waals surface area contributed by atoms with Crippen LogP contribution in [0.25, 0.3) is 0 Å². The summed E-state index contributed by atoms with van der Waals surface area (Å²) in [5.41, 5.74) is 2.78. The summed E-state index contributed by atoms with van der Waals surface area (Å²) in [6, 6.07) is 4.18. The van der Waals surface area contributed by atoms with Crippen LogP contribution in [0.4, 0.5) is 0 Å². The second-order valence-electron chi connectivity index (χ2n) is 13.3. The van der Waals surface area contributed by atoms with E-state index in [0.29, 0.717) is 18.6 Å². The van der Waals surface area contributed by atoms with Crippen molar-refractivity contribution in [2.24, 2.45) is 0 Å². The molecule has 3 heteroatoms. The van der Waals surface area contributed by atoms with Crippen molar-refractivity contribution < 1.29 is 9.90 Å². The molecular formula is C34H61NO2. The van der Waals surface area contributed by atoms with Gasteiger partial charge in [0.2, 0.25) is 5.91 Å². The molecule has 0 saturated heterocycles. The van der Waals surface area contributed by atoms with E-state index in [4.69, 9.17) is 0 Å². The number of hydrogen-bond donors (Lipinski definition) is 2. The van der Waals surface area contributed by atoms with Crippen LogP contribution in [0.1, 0.15) is 168 Å². The number of carbonyl (C=O) groups is 1. The number of benzene rings is 1. The molecule has 0 aliphatic carbocycles. The molecule has 0 fully saturated rings. The van der Waals surface area contributed by atoms with E-state index in [1.807, 2.05) is 0 Å². The normalized spacial score (nSPS) is 12.2. The summed E-state index contributed by atoms with van der Waals surface area (Å²) in [5, 5.41) is 14.0. The van der Waals surface area contributed by atoms with E-state index in [1.54, 1.807) is 0 Å². The van der Waals surface area contributed by atoms with Crippen molar-refractivity contribution in [1.29, 1.82) is 0 Å². The number of aryl methyl sites for hydroxylation is 1. The molecule has 0 atom stereocenters. The van der Waals surface area contributed by atoms with Gasteiger partial charge in [0.15, 0.2) is 0 Å². The van der Waals surface area contributed by atoms with Crippen LogP contribution >= 0.6 is 0 Å². The van der Waals surface area contributed by atoms with Crippen LogP contribution in [-0.2, 0) is 22.0 Å². The molecule has 214 valence electrons. The molecule has 0 aliphatic heterocycles. The third kappa shape index (κ3) is 14.9. The van der Waals surface area contributed by atoms with Gasteiger partial charge >= 0.3 is 0 Å². The zero-order valence-corrected chi connectivity index (χ0v) is 25.7. The molecule has 0 unspecified atom stereocenters. The predicted molar refractivity (Wildman–Crippen MR) is 162 cm³/mol. The Kier molecular flexibility index (Phi) is 16.2. The topological polar surface area (TPSA) is 49.3 Å².